The van der Waals surface area contributed by atoms with Gasteiger partial charge in [-0.05, 0) is 76.0 Å². The monoisotopic (exact) mass is 874 g/mol. The van der Waals surface area contributed by atoms with Gasteiger partial charge < -0.3 is 34.1 Å². The van der Waals surface area contributed by atoms with Crippen LogP contribution in [0.5, 0.6) is 11.5 Å². The normalized spacial score (nSPS) is 12.3. The molecule has 0 atom stereocenters. The zero-order valence-electron chi connectivity index (χ0n) is 37.7. The molecule has 8 rings (SSSR count). The number of thiazole rings is 1. The van der Waals surface area contributed by atoms with Crippen molar-refractivity contribution in [3.63, 3.8) is 0 Å². The summed E-state index contributed by atoms with van der Waals surface area (Å²) < 4.78 is 21.9. The topological polar surface area (TPSA) is 190 Å². The van der Waals surface area contributed by atoms with Crippen LogP contribution in [0.15, 0.2) is 53.6 Å². The maximum atomic E-state index is 13.7. The minimum atomic E-state index is -0.567. The molecular formula is C47H58N10O5S. The number of allylic oxidation sites excluding steroid dienone is 2. The summed E-state index contributed by atoms with van der Waals surface area (Å²) in [4.78, 5) is 51.2. The minimum Gasteiger partial charge on any atom is -0.495 e. The van der Waals surface area contributed by atoms with Crippen molar-refractivity contribution in [3.05, 3.63) is 88.4 Å². The van der Waals surface area contributed by atoms with Gasteiger partial charge in [0.1, 0.15) is 22.7 Å². The lowest BCUT2D eigenvalue weighted by Gasteiger charge is -2.13. The number of aromatic nitrogens is 7. The van der Waals surface area contributed by atoms with Gasteiger partial charge in [-0.2, -0.15) is 0 Å². The Kier molecular flexibility index (Phi) is 15.1. The van der Waals surface area contributed by atoms with E-state index >= 15 is 0 Å². The Morgan fingerprint density at radius 1 is 0.984 bits per heavy atom. The van der Waals surface area contributed by atoms with Crippen molar-refractivity contribution >= 4 is 68.1 Å². The number of nitrogens with one attached hydrogen (secondary N) is 2. The van der Waals surface area contributed by atoms with Crippen LogP contribution in [0, 0.1) is 13.8 Å². The number of nitrogens with two attached hydrogens (primary N) is 1. The number of carbonyl (C=O) groups excluding carboxylic acids is 2. The molecule has 332 valence electrons. The lowest BCUT2D eigenvalue weighted by Crippen LogP contribution is -2.17. The molecule has 2 amide bonds. The average Bonchev–Trinajstić information content (AvgIpc) is 3.66. The van der Waals surface area contributed by atoms with Crippen LogP contribution in [0.2, 0.25) is 0 Å². The summed E-state index contributed by atoms with van der Waals surface area (Å²) >= 11 is 1.60. The summed E-state index contributed by atoms with van der Waals surface area (Å²) in [6, 6.07) is 7.26. The molecule has 1 aliphatic rings. The van der Waals surface area contributed by atoms with Crippen molar-refractivity contribution < 1.29 is 23.5 Å². The summed E-state index contributed by atoms with van der Waals surface area (Å²) in [5.74, 6) is 1.97. The highest BCUT2D eigenvalue weighted by atomic mass is 32.1. The predicted molar refractivity (Wildman–Crippen MR) is 252 cm³/mol. The van der Waals surface area contributed by atoms with Gasteiger partial charge in [-0.1, -0.05) is 59.4 Å². The number of hydrogen-bond donors (Lipinski definition) is 3. The second-order valence-electron chi connectivity index (χ2n) is 14.4. The standard InChI is InChI=1S/C43H46N10O5S.2C2H6/c1-7-25-18-31-36(33(19-25)57-17-11-14-45-5)53(43(49-31)51-42(55)37-30(8-2)47-23(3)58-37)16-10-9-15-52-35-28(20-27(39(44)54)21-32(35)56-6)29-22-46-40(50-41(29)52)38-34(26-12-13-26)48-24(4)59-38;2*1-2/h7,9-10,18-22,26,45H,1,8,11-17H2,2-6H3,(H2,44,54)(H,49,51,55);2*1-2H3/b10-9+;;. The summed E-state index contributed by atoms with van der Waals surface area (Å²) in [6.45, 7) is 19.6. The fraction of sp³-hybridized carbons (Fsp3) is 0.383. The van der Waals surface area contributed by atoms with E-state index in [0.29, 0.717) is 89.1 Å². The molecule has 0 unspecified atom stereocenters. The Morgan fingerprint density at radius 2 is 1.73 bits per heavy atom. The van der Waals surface area contributed by atoms with Crippen LogP contribution >= 0.6 is 11.3 Å². The Balaban J connectivity index is 0.00000161. The number of nitrogens with zero attached hydrogens (tertiary/aromatic N) is 7. The van der Waals surface area contributed by atoms with Crippen LogP contribution in [-0.2, 0) is 19.5 Å². The number of rotatable bonds is 17. The Hall–Kier alpha value is -6.39. The maximum absolute atomic E-state index is 13.7. The SMILES string of the molecule is C=Cc1cc(OCCCNC)c2c(c1)nc(NC(=O)c1oc(C)nc1CC)n2C/C=C/Cn1c2nc(-c3sc(C)nc3C3CC3)ncc2c2cc(C(N)=O)cc(OC)c21.CC.CC. The molecule has 0 aliphatic heterocycles. The maximum Gasteiger partial charge on any atom is 0.295 e. The Labute approximate surface area is 371 Å². The first-order chi connectivity index (χ1) is 30.6. The van der Waals surface area contributed by atoms with Crippen LogP contribution in [-0.4, -0.2) is 73.2 Å². The number of oxazole rings is 1. The summed E-state index contributed by atoms with van der Waals surface area (Å²) in [5.41, 5.74) is 11.3. The van der Waals surface area contributed by atoms with Crippen molar-refractivity contribution in [2.75, 3.05) is 32.6 Å². The second-order valence-corrected chi connectivity index (χ2v) is 15.6. The molecule has 15 nitrogen and oxygen atoms in total. The molecular weight excluding hydrogens is 817 g/mol. The molecule has 5 heterocycles. The first kappa shape index (κ1) is 46.1. The summed E-state index contributed by atoms with van der Waals surface area (Å²) in [7, 11) is 3.47. The second kappa shape index (κ2) is 20.7. The van der Waals surface area contributed by atoms with Crippen LogP contribution in [0.3, 0.4) is 0 Å². The molecule has 2 aromatic carbocycles. The lowest BCUT2D eigenvalue weighted by molar-refractivity contribution is 0.0988. The molecule has 1 aliphatic carbocycles. The van der Waals surface area contributed by atoms with E-state index in [9.17, 15) is 9.59 Å². The fourth-order valence-electron chi connectivity index (χ4n) is 7.38. The van der Waals surface area contributed by atoms with Crippen molar-refractivity contribution in [1.29, 1.82) is 0 Å². The number of primary amides is 1. The molecule has 5 aromatic heterocycles. The molecule has 0 saturated heterocycles. The molecule has 1 saturated carbocycles. The third-order valence-electron chi connectivity index (χ3n) is 10.3. The zero-order chi connectivity index (χ0) is 45.4. The number of aryl methyl sites for hydroxylation is 3. The number of ether oxygens (including phenoxy) is 2. The van der Waals surface area contributed by atoms with Crippen LogP contribution < -0.4 is 25.8 Å². The third kappa shape index (κ3) is 9.66. The lowest BCUT2D eigenvalue weighted by atomic mass is 10.1. The first-order valence-corrected chi connectivity index (χ1v) is 22.4. The Bertz CT molecular complexity index is 2790. The van der Waals surface area contributed by atoms with Crippen molar-refractivity contribution in [2.24, 2.45) is 5.73 Å². The molecule has 0 radical (unpaired) electrons. The number of carbonyl (C=O) groups is 2. The molecule has 0 bridgehead atoms. The molecule has 4 N–H and O–H groups in total. The van der Waals surface area contributed by atoms with Gasteiger partial charge in [0.25, 0.3) is 5.91 Å². The minimum absolute atomic E-state index is 0.147. The summed E-state index contributed by atoms with van der Waals surface area (Å²) in [5, 5.41) is 8.62. The Morgan fingerprint density at radius 3 is 2.40 bits per heavy atom. The van der Waals surface area contributed by atoms with E-state index in [4.69, 9.17) is 39.6 Å². The first-order valence-electron chi connectivity index (χ1n) is 21.6. The number of imidazole rings is 1. The van der Waals surface area contributed by atoms with E-state index in [2.05, 4.69) is 26.8 Å². The number of benzene rings is 2. The van der Waals surface area contributed by atoms with Gasteiger partial charge in [-0.15, -0.1) is 11.3 Å². The van der Waals surface area contributed by atoms with Gasteiger partial charge in [0.15, 0.2) is 11.7 Å². The zero-order valence-corrected chi connectivity index (χ0v) is 38.5. The smallest absolute Gasteiger partial charge is 0.295 e. The van der Waals surface area contributed by atoms with E-state index in [1.54, 1.807) is 49.8 Å². The van der Waals surface area contributed by atoms with E-state index in [-0.39, 0.29) is 5.76 Å². The molecule has 63 heavy (non-hydrogen) atoms. The number of amides is 2. The predicted octanol–water partition coefficient (Wildman–Crippen LogP) is 9.40. The molecule has 1 fully saturated rings. The van der Waals surface area contributed by atoms with Gasteiger partial charge in [0.05, 0.1) is 46.0 Å². The van der Waals surface area contributed by atoms with Crippen molar-refractivity contribution in [1.82, 2.24) is 39.4 Å². The van der Waals surface area contributed by atoms with Gasteiger partial charge in [-0.25, -0.2) is 24.9 Å². The molecule has 0 spiro atoms. The quantitative estimate of drug-likeness (QED) is 0.0584. The third-order valence-corrected chi connectivity index (χ3v) is 11.3. The number of methoxy groups -OCH3 is 1. The van der Waals surface area contributed by atoms with E-state index in [0.717, 1.165) is 63.2 Å². The highest BCUT2D eigenvalue weighted by molar-refractivity contribution is 7.15. The highest BCUT2D eigenvalue weighted by Crippen LogP contribution is 2.46. The van der Waals surface area contributed by atoms with E-state index < -0.39 is 11.8 Å². The fourth-order valence-corrected chi connectivity index (χ4v) is 8.32. The van der Waals surface area contributed by atoms with Crippen LogP contribution in [0.1, 0.15) is 109 Å². The molecule has 16 heteroatoms. The molecule has 7 aromatic rings. The number of fused-ring (bicyclic) bond motifs is 4. The van der Waals surface area contributed by atoms with Gasteiger partial charge in [0.2, 0.25) is 17.6 Å². The van der Waals surface area contributed by atoms with E-state index in [1.807, 2.05) is 77.4 Å². The van der Waals surface area contributed by atoms with Crippen LogP contribution in [0.4, 0.5) is 5.95 Å². The largest absolute Gasteiger partial charge is 0.495 e. The van der Waals surface area contributed by atoms with Gasteiger partial charge in [0, 0.05) is 48.5 Å². The van der Waals surface area contributed by atoms with E-state index in [1.165, 1.54) is 0 Å². The van der Waals surface area contributed by atoms with Crippen LogP contribution in [0.25, 0.3) is 49.7 Å². The van der Waals surface area contributed by atoms with Crippen molar-refractivity contribution in [2.45, 2.75) is 93.2 Å². The van der Waals surface area contributed by atoms with Crippen molar-refractivity contribution in [3.8, 4) is 22.2 Å². The average molecular weight is 875 g/mol. The summed E-state index contributed by atoms with van der Waals surface area (Å²) in [6.07, 6.45) is 11.1. The van der Waals surface area contributed by atoms with Gasteiger partial charge in [-0.3, -0.25) is 14.9 Å². The van der Waals surface area contributed by atoms with Gasteiger partial charge >= 0.3 is 0 Å². The highest BCUT2D eigenvalue weighted by Gasteiger charge is 2.31. The number of anilines is 1. The number of hydrogen-bond acceptors (Lipinski definition) is 12.